The number of carbonyl (C=O) groups is 2. The lowest BCUT2D eigenvalue weighted by Crippen LogP contribution is -2.23. The van der Waals surface area contributed by atoms with Gasteiger partial charge in [0.1, 0.15) is 24.7 Å². The Balaban J connectivity index is 1.65. The first kappa shape index (κ1) is 25.8. The molecule has 3 rings (SSSR count). The van der Waals surface area contributed by atoms with Gasteiger partial charge in [0.15, 0.2) is 11.6 Å². The quantitative estimate of drug-likeness (QED) is 0.293. The SMILES string of the molecule is CCOCCOCCOc1cccc2c1C(=O)c1cccc(OCCOCCOCC)c1C2=O. The molecule has 0 bridgehead atoms. The molecular weight excluding hydrogens is 440 g/mol. The molecule has 2 aromatic carbocycles. The molecule has 2 aromatic rings. The average Bonchev–Trinajstić information content (AvgIpc) is 2.86. The number of hydrogen-bond donors (Lipinski definition) is 0. The minimum atomic E-state index is -0.268. The topological polar surface area (TPSA) is 89.5 Å². The average molecular weight is 473 g/mol. The highest BCUT2D eigenvalue weighted by molar-refractivity contribution is 6.30. The van der Waals surface area contributed by atoms with Crippen molar-refractivity contribution in [3.8, 4) is 11.5 Å². The maximum atomic E-state index is 13.3. The highest BCUT2D eigenvalue weighted by Gasteiger charge is 2.34. The lowest BCUT2D eigenvalue weighted by Gasteiger charge is -2.22. The Morgan fingerprint density at radius 3 is 1.32 bits per heavy atom. The van der Waals surface area contributed by atoms with Crippen LogP contribution in [0.2, 0.25) is 0 Å². The van der Waals surface area contributed by atoms with E-state index >= 15 is 0 Å². The van der Waals surface area contributed by atoms with Gasteiger partial charge in [0.05, 0.1) is 50.8 Å². The van der Waals surface area contributed by atoms with E-state index in [1.54, 1.807) is 36.4 Å². The number of ether oxygens (including phenoxy) is 6. The van der Waals surface area contributed by atoms with Crippen molar-refractivity contribution in [3.63, 3.8) is 0 Å². The molecule has 8 nitrogen and oxygen atoms in total. The summed E-state index contributed by atoms with van der Waals surface area (Å²) in [4.78, 5) is 26.7. The molecule has 0 N–H and O–H groups in total. The fraction of sp³-hybridized carbons (Fsp3) is 0.462. The first-order chi connectivity index (χ1) is 16.7. The third kappa shape index (κ3) is 6.64. The Labute approximate surface area is 200 Å². The maximum absolute atomic E-state index is 13.3. The van der Waals surface area contributed by atoms with E-state index in [-0.39, 0.29) is 35.9 Å². The summed E-state index contributed by atoms with van der Waals surface area (Å²) >= 11 is 0. The van der Waals surface area contributed by atoms with E-state index in [2.05, 4.69) is 0 Å². The van der Waals surface area contributed by atoms with Gasteiger partial charge in [0.2, 0.25) is 0 Å². The van der Waals surface area contributed by atoms with E-state index < -0.39 is 0 Å². The summed E-state index contributed by atoms with van der Waals surface area (Å²) in [6, 6.07) is 10.1. The summed E-state index contributed by atoms with van der Waals surface area (Å²) in [5, 5.41) is 0. The molecule has 0 unspecified atom stereocenters. The summed E-state index contributed by atoms with van der Waals surface area (Å²) in [5.41, 5.74) is 1.14. The minimum Gasteiger partial charge on any atom is -0.490 e. The van der Waals surface area contributed by atoms with E-state index in [0.29, 0.717) is 75.5 Å². The summed E-state index contributed by atoms with van der Waals surface area (Å²) in [7, 11) is 0. The molecule has 1 aliphatic rings. The van der Waals surface area contributed by atoms with Gasteiger partial charge in [-0.05, 0) is 26.0 Å². The standard InChI is InChI=1S/C26H32O8/c1-3-29-11-13-31-15-17-33-21-9-5-7-19-23(21)25(27)20-8-6-10-22(24(20)26(19)28)34-18-16-32-14-12-30-4-2/h5-10H,3-4,11-18H2,1-2H3. The van der Waals surface area contributed by atoms with Crippen LogP contribution in [0, 0.1) is 0 Å². The van der Waals surface area contributed by atoms with Crippen LogP contribution in [0.5, 0.6) is 11.5 Å². The largest absolute Gasteiger partial charge is 0.490 e. The first-order valence-corrected chi connectivity index (χ1v) is 11.6. The monoisotopic (exact) mass is 472 g/mol. The molecule has 0 saturated carbocycles. The van der Waals surface area contributed by atoms with Crippen LogP contribution in [-0.2, 0) is 18.9 Å². The summed E-state index contributed by atoms with van der Waals surface area (Å²) < 4.78 is 33.0. The third-order valence-electron chi connectivity index (χ3n) is 5.12. The second kappa shape index (κ2) is 13.8. The van der Waals surface area contributed by atoms with Gasteiger partial charge in [-0.1, -0.05) is 24.3 Å². The molecule has 1 aliphatic carbocycles. The molecule has 0 amide bonds. The summed E-state index contributed by atoms with van der Waals surface area (Å²) in [5.74, 6) is 0.194. The van der Waals surface area contributed by atoms with E-state index in [1.165, 1.54) is 0 Å². The second-order valence-electron chi connectivity index (χ2n) is 7.33. The molecule has 0 fully saturated rings. The van der Waals surface area contributed by atoms with Crippen LogP contribution in [0.3, 0.4) is 0 Å². The van der Waals surface area contributed by atoms with Gasteiger partial charge in [0.25, 0.3) is 0 Å². The Hall–Kier alpha value is -2.78. The second-order valence-corrected chi connectivity index (χ2v) is 7.33. The molecule has 0 aliphatic heterocycles. The Morgan fingerprint density at radius 2 is 0.912 bits per heavy atom. The fourth-order valence-corrected chi connectivity index (χ4v) is 3.57. The van der Waals surface area contributed by atoms with Crippen molar-refractivity contribution in [1.29, 1.82) is 0 Å². The van der Waals surface area contributed by atoms with Gasteiger partial charge < -0.3 is 28.4 Å². The number of fused-ring (bicyclic) bond motifs is 2. The van der Waals surface area contributed by atoms with Crippen LogP contribution in [0.15, 0.2) is 36.4 Å². The number of hydrogen-bond acceptors (Lipinski definition) is 8. The van der Waals surface area contributed by atoms with Crippen molar-refractivity contribution in [3.05, 3.63) is 58.7 Å². The van der Waals surface area contributed by atoms with E-state index in [0.717, 1.165) is 0 Å². The summed E-state index contributed by atoms with van der Waals surface area (Å²) in [6.45, 7) is 8.30. The molecule has 0 atom stereocenters. The Kier molecular flexibility index (Phi) is 10.5. The minimum absolute atomic E-state index is 0.253. The van der Waals surface area contributed by atoms with Gasteiger partial charge in [-0.15, -0.1) is 0 Å². The van der Waals surface area contributed by atoms with Gasteiger partial charge in [0, 0.05) is 24.3 Å². The molecule has 0 saturated heterocycles. The van der Waals surface area contributed by atoms with E-state index in [9.17, 15) is 9.59 Å². The van der Waals surface area contributed by atoms with Crippen molar-refractivity contribution >= 4 is 11.6 Å². The number of rotatable bonds is 16. The van der Waals surface area contributed by atoms with Crippen LogP contribution in [0.1, 0.15) is 45.7 Å². The molecule has 34 heavy (non-hydrogen) atoms. The van der Waals surface area contributed by atoms with Gasteiger partial charge in [-0.3, -0.25) is 9.59 Å². The lowest BCUT2D eigenvalue weighted by atomic mass is 9.83. The van der Waals surface area contributed by atoms with E-state index in [4.69, 9.17) is 28.4 Å². The van der Waals surface area contributed by atoms with Crippen LogP contribution in [0.25, 0.3) is 0 Å². The number of carbonyl (C=O) groups excluding carboxylic acids is 2. The highest BCUT2D eigenvalue weighted by atomic mass is 16.5. The highest BCUT2D eigenvalue weighted by Crippen LogP contribution is 2.37. The van der Waals surface area contributed by atoms with Crippen LogP contribution in [0.4, 0.5) is 0 Å². The zero-order valence-corrected chi connectivity index (χ0v) is 19.8. The number of ketones is 2. The summed E-state index contributed by atoms with van der Waals surface area (Å²) in [6.07, 6.45) is 0. The van der Waals surface area contributed by atoms with Crippen molar-refractivity contribution in [2.75, 3.05) is 66.1 Å². The van der Waals surface area contributed by atoms with Gasteiger partial charge in [-0.2, -0.15) is 0 Å². The maximum Gasteiger partial charge on any atom is 0.198 e. The molecule has 0 heterocycles. The predicted octanol–water partition coefficient (Wildman–Crippen LogP) is 3.33. The van der Waals surface area contributed by atoms with Crippen LogP contribution in [-0.4, -0.2) is 77.6 Å². The van der Waals surface area contributed by atoms with E-state index in [1.807, 2.05) is 13.8 Å². The Morgan fingerprint density at radius 1 is 0.529 bits per heavy atom. The number of benzene rings is 2. The van der Waals surface area contributed by atoms with Crippen LogP contribution < -0.4 is 9.47 Å². The molecule has 184 valence electrons. The van der Waals surface area contributed by atoms with Crippen molar-refractivity contribution in [2.45, 2.75) is 13.8 Å². The first-order valence-electron chi connectivity index (χ1n) is 11.6. The zero-order chi connectivity index (χ0) is 24.2. The molecule has 0 aromatic heterocycles. The predicted molar refractivity (Wildman–Crippen MR) is 125 cm³/mol. The Bertz CT molecular complexity index is 878. The molecular formula is C26H32O8. The van der Waals surface area contributed by atoms with Crippen molar-refractivity contribution < 1.29 is 38.0 Å². The molecule has 0 spiro atoms. The van der Waals surface area contributed by atoms with Crippen molar-refractivity contribution in [2.24, 2.45) is 0 Å². The van der Waals surface area contributed by atoms with Crippen molar-refractivity contribution in [1.82, 2.24) is 0 Å². The van der Waals surface area contributed by atoms with Gasteiger partial charge in [-0.25, -0.2) is 0 Å². The zero-order valence-electron chi connectivity index (χ0n) is 19.8. The molecule has 0 radical (unpaired) electrons. The third-order valence-corrected chi connectivity index (χ3v) is 5.12. The molecule has 8 heteroatoms. The smallest absolute Gasteiger partial charge is 0.198 e. The normalized spacial score (nSPS) is 12.4. The van der Waals surface area contributed by atoms with Gasteiger partial charge >= 0.3 is 0 Å². The van der Waals surface area contributed by atoms with Crippen LogP contribution >= 0.6 is 0 Å². The lowest BCUT2D eigenvalue weighted by molar-refractivity contribution is 0.0402. The fourth-order valence-electron chi connectivity index (χ4n) is 3.57.